The van der Waals surface area contributed by atoms with Crippen LogP contribution in [-0.4, -0.2) is 25.7 Å². The zero-order chi connectivity index (χ0) is 13.1. The van der Waals surface area contributed by atoms with Crippen LogP contribution in [0.5, 0.6) is 0 Å². The Labute approximate surface area is 115 Å². The van der Waals surface area contributed by atoms with Crippen molar-refractivity contribution in [3.05, 3.63) is 29.8 Å². The summed E-state index contributed by atoms with van der Waals surface area (Å²) in [6.07, 6.45) is 5.18. The molecule has 0 aliphatic carbocycles. The van der Waals surface area contributed by atoms with Crippen LogP contribution in [0.4, 0.5) is 5.69 Å². The van der Waals surface area contributed by atoms with Crippen LogP contribution in [0.25, 0.3) is 0 Å². The molecule has 1 unspecified atom stereocenters. The summed E-state index contributed by atoms with van der Waals surface area (Å²) in [6, 6.07) is 11.0. The van der Waals surface area contributed by atoms with Crippen molar-refractivity contribution in [1.82, 2.24) is 5.32 Å². The van der Waals surface area contributed by atoms with Crippen molar-refractivity contribution in [2.24, 2.45) is 5.92 Å². The lowest BCUT2D eigenvalue weighted by atomic mass is 9.88. The second-order valence-electron chi connectivity index (χ2n) is 5.66. The number of rotatable bonds is 2. The van der Waals surface area contributed by atoms with E-state index in [1.807, 2.05) is 18.2 Å². The average molecular weight is 255 g/mol. The van der Waals surface area contributed by atoms with Gasteiger partial charge in [-0.25, -0.2) is 0 Å². The number of anilines is 1. The largest absolute Gasteiger partial charge is 0.370 e. The third kappa shape index (κ3) is 2.59. The standard InChI is InChI=1S/C16H21N3/c17-12-14-4-1-2-6-16(14)19-10-7-13(8-11-19)15-5-3-9-18-15/h1-2,4,6,13,15,18H,3,5,7-11H2. The van der Waals surface area contributed by atoms with Crippen molar-refractivity contribution in [1.29, 1.82) is 5.26 Å². The third-order valence-corrected chi connectivity index (χ3v) is 4.57. The van der Waals surface area contributed by atoms with Gasteiger partial charge in [0.15, 0.2) is 0 Å². The first-order valence-electron chi connectivity index (χ1n) is 7.36. The fraction of sp³-hybridized carbons (Fsp3) is 0.562. The van der Waals surface area contributed by atoms with Crippen LogP contribution in [0.1, 0.15) is 31.2 Å². The van der Waals surface area contributed by atoms with E-state index in [-0.39, 0.29) is 0 Å². The van der Waals surface area contributed by atoms with Gasteiger partial charge >= 0.3 is 0 Å². The second-order valence-corrected chi connectivity index (χ2v) is 5.66. The molecule has 0 bridgehead atoms. The smallest absolute Gasteiger partial charge is 0.101 e. The van der Waals surface area contributed by atoms with Crippen LogP contribution in [0.15, 0.2) is 24.3 Å². The fourth-order valence-corrected chi connectivity index (χ4v) is 3.50. The molecule has 1 aromatic rings. The highest BCUT2D eigenvalue weighted by Crippen LogP contribution is 2.29. The summed E-state index contributed by atoms with van der Waals surface area (Å²) in [4.78, 5) is 2.38. The summed E-state index contributed by atoms with van der Waals surface area (Å²) in [5.74, 6) is 0.827. The van der Waals surface area contributed by atoms with E-state index in [1.165, 1.54) is 32.2 Å². The Morgan fingerprint density at radius 1 is 1.16 bits per heavy atom. The number of nitriles is 1. The minimum absolute atomic E-state index is 0.744. The number of nitrogens with one attached hydrogen (secondary N) is 1. The second kappa shape index (κ2) is 5.63. The number of hydrogen-bond acceptors (Lipinski definition) is 3. The van der Waals surface area contributed by atoms with Crippen LogP contribution < -0.4 is 10.2 Å². The zero-order valence-electron chi connectivity index (χ0n) is 11.3. The molecular formula is C16H21N3. The summed E-state index contributed by atoms with van der Waals surface area (Å²) in [6.45, 7) is 3.37. The van der Waals surface area contributed by atoms with E-state index in [0.29, 0.717) is 0 Å². The van der Waals surface area contributed by atoms with Crippen molar-refractivity contribution in [2.45, 2.75) is 31.7 Å². The monoisotopic (exact) mass is 255 g/mol. The Hall–Kier alpha value is -1.53. The van der Waals surface area contributed by atoms with Gasteiger partial charge in [0.2, 0.25) is 0 Å². The van der Waals surface area contributed by atoms with Crippen LogP contribution in [0.2, 0.25) is 0 Å². The van der Waals surface area contributed by atoms with E-state index in [1.54, 1.807) is 0 Å². The normalized spacial score (nSPS) is 24.4. The van der Waals surface area contributed by atoms with Crippen molar-refractivity contribution >= 4 is 5.69 Å². The molecule has 0 saturated carbocycles. The van der Waals surface area contributed by atoms with Gasteiger partial charge in [-0.3, -0.25) is 0 Å². The van der Waals surface area contributed by atoms with Gasteiger partial charge in [-0.1, -0.05) is 12.1 Å². The molecule has 2 fully saturated rings. The molecule has 1 N–H and O–H groups in total. The van der Waals surface area contributed by atoms with Gasteiger partial charge < -0.3 is 10.2 Å². The summed E-state index contributed by atoms with van der Waals surface area (Å²) in [5.41, 5.74) is 1.92. The molecule has 100 valence electrons. The fourth-order valence-electron chi connectivity index (χ4n) is 3.50. The number of piperidine rings is 1. The first kappa shape index (κ1) is 12.5. The summed E-state index contributed by atoms with van der Waals surface area (Å²) >= 11 is 0. The molecule has 1 atom stereocenters. The maximum Gasteiger partial charge on any atom is 0.101 e. The van der Waals surface area contributed by atoms with Gasteiger partial charge in [0, 0.05) is 19.1 Å². The van der Waals surface area contributed by atoms with Gasteiger partial charge in [0.1, 0.15) is 6.07 Å². The maximum absolute atomic E-state index is 9.19. The molecule has 0 spiro atoms. The van der Waals surface area contributed by atoms with Crippen molar-refractivity contribution in [3.63, 3.8) is 0 Å². The number of nitrogens with zero attached hydrogens (tertiary/aromatic N) is 2. The first-order chi connectivity index (χ1) is 9.38. The molecule has 0 radical (unpaired) electrons. The van der Waals surface area contributed by atoms with E-state index >= 15 is 0 Å². The molecule has 3 rings (SSSR count). The lowest BCUT2D eigenvalue weighted by Gasteiger charge is -2.36. The van der Waals surface area contributed by atoms with Crippen LogP contribution in [0, 0.1) is 17.2 Å². The number of para-hydroxylation sites is 1. The molecule has 0 aromatic heterocycles. The Balaban J connectivity index is 1.65. The topological polar surface area (TPSA) is 39.1 Å². The molecule has 2 heterocycles. The molecule has 19 heavy (non-hydrogen) atoms. The molecule has 2 aliphatic rings. The Morgan fingerprint density at radius 2 is 1.95 bits per heavy atom. The molecule has 3 nitrogen and oxygen atoms in total. The van der Waals surface area contributed by atoms with Crippen LogP contribution >= 0.6 is 0 Å². The first-order valence-corrected chi connectivity index (χ1v) is 7.36. The zero-order valence-corrected chi connectivity index (χ0v) is 11.3. The van der Waals surface area contributed by atoms with E-state index < -0.39 is 0 Å². The predicted molar refractivity (Wildman–Crippen MR) is 77.1 cm³/mol. The van der Waals surface area contributed by atoms with Gasteiger partial charge in [-0.05, 0) is 50.3 Å². The van der Waals surface area contributed by atoms with Crippen LogP contribution in [0.3, 0.4) is 0 Å². The van der Waals surface area contributed by atoms with E-state index in [2.05, 4.69) is 22.4 Å². The van der Waals surface area contributed by atoms with E-state index in [4.69, 9.17) is 0 Å². The highest BCUT2D eigenvalue weighted by Gasteiger charge is 2.28. The number of benzene rings is 1. The summed E-state index contributed by atoms with van der Waals surface area (Å²) in [7, 11) is 0. The van der Waals surface area contributed by atoms with E-state index in [9.17, 15) is 5.26 Å². The minimum atomic E-state index is 0.744. The molecule has 2 aliphatic heterocycles. The average Bonchev–Trinajstić information content (AvgIpc) is 3.02. The van der Waals surface area contributed by atoms with E-state index in [0.717, 1.165) is 36.3 Å². The van der Waals surface area contributed by atoms with Gasteiger partial charge in [0.25, 0.3) is 0 Å². The van der Waals surface area contributed by atoms with Crippen molar-refractivity contribution in [3.8, 4) is 6.07 Å². The summed E-state index contributed by atoms with van der Waals surface area (Å²) in [5, 5.41) is 12.8. The lowest BCUT2D eigenvalue weighted by molar-refractivity contribution is 0.319. The lowest BCUT2D eigenvalue weighted by Crippen LogP contribution is -2.41. The molecule has 1 aromatic carbocycles. The van der Waals surface area contributed by atoms with Gasteiger partial charge in [-0.2, -0.15) is 5.26 Å². The Bertz CT molecular complexity index is 463. The van der Waals surface area contributed by atoms with Crippen molar-refractivity contribution < 1.29 is 0 Å². The quantitative estimate of drug-likeness (QED) is 0.882. The molecule has 3 heteroatoms. The highest BCUT2D eigenvalue weighted by molar-refractivity contribution is 5.59. The van der Waals surface area contributed by atoms with Gasteiger partial charge in [-0.15, -0.1) is 0 Å². The minimum Gasteiger partial charge on any atom is -0.370 e. The number of hydrogen-bond donors (Lipinski definition) is 1. The Morgan fingerprint density at radius 3 is 2.63 bits per heavy atom. The van der Waals surface area contributed by atoms with Gasteiger partial charge in [0.05, 0.1) is 11.3 Å². The predicted octanol–water partition coefficient (Wildman–Crippen LogP) is 2.53. The highest BCUT2D eigenvalue weighted by atomic mass is 15.1. The molecular weight excluding hydrogens is 234 g/mol. The van der Waals surface area contributed by atoms with Crippen LogP contribution in [-0.2, 0) is 0 Å². The molecule has 0 amide bonds. The Kier molecular flexibility index (Phi) is 3.70. The summed E-state index contributed by atoms with van der Waals surface area (Å²) < 4.78 is 0. The molecule has 2 saturated heterocycles. The maximum atomic E-state index is 9.19. The van der Waals surface area contributed by atoms with Crippen molar-refractivity contribution in [2.75, 3.05) is 24.5 Å². The SMILES string of the molecule is N#Cc1ccccc1N1CCC(C2CCCN2)CC1. The third-order valence-electron chi connectivity index (χ3n) is 4.57.